The van der Waals surface area contributed by atoms with E-state index in [2.05, 4.69) is 5.32 Å². The zero-order valence-electron chi connectivity index (χ0n) is 16.4. The van der Waals surface area contributed by atoms with Crippen LogP contribution < -0.4 is 10.1 Å². The first kappa shape index (κ1) is 19.7. The second-order valence-corrected chi connectivity index (χ2v) is 7.93. The summed E-state index contributed by atoms with van der Waals surface area (Å²) in [6, 6.07) is 6.33. The smallest absolute Gasteiger partial charge is 0.257 e. The Morgan fingerprint density at radius 2 is 2.17 bits per heavy atom. The van der Waals surface area contributed by atoms with Crippen LogP contribution in [0.5, 0.6) is 5.75 Å². The van der Waals surface area contributed by atoms with Crippen molar-refractivity contribution >= 4 is 23.4 Å². The van der Waals surface area contributed by atoms with E-state index in [4.69, 9.17) is 16.3 Å². The Kier molecular flexibility index (Phi) is 5.21. The number of nitrogens with zero attached hydrogens (tertiary/aromatic N) is 1. The van der Waals surface area contributed by atoms with Gasteiger partial charge in [-0.3, -0.25) is 9.59 Å². The van der Waals surface area contributed by atoms with Crippen LogP contribution in [-0.4, -0.2) is 43.0 Å². The molecular formula is C22H22ClFN2O3. The van der Waals surface area contributed by atoms with Gasteiger partial charge in [0.05, 0.1) is 22.7 Å². The number of hydrogen-bond donors (Lipinski definition) is 1. The van der Waals surface area contributed by atoms with Gasteiger partial charge in [-0.25, -0.2) is 4.39 Å². The lowest BCUT2D eigenvalue weighted by atomic mass is 9.96. The molecule has 2 aromatic carbocycles. The Morgan fingerprint density at radius 1 is 1.38 bits per heavy atom. The van der Waals surface area contributed by atoms with E-state index >= 15 is 0 Å². The third-order valence-corrected chi connectivity index (χ3v) is 6.11. The van der Waals surface area contributed by atoms with Crippen molar-refractivity contribution in [3.63, 3.8) is 0 Å². The van der Waals surface area contributed by atoms with Crippen LogP contribution in [0.4, 0.5) is 4.39 Å². The fourth-order valence-electron chi connectivity index (χ4n) is 4.00. The number of amides is 2. The van der Waals surface area contributed by atoms with Gasteiger partial charge in [0.15, 0.2) is 5.75 Å². The molecule has 5 nitrogen and oxygen atoms in total. The highest BCUT2D eigenvalue weighted by atomic mass is 35.5. The average Bonchev–Trinajstić information content (AvgIpc) is 2.80. The van der Waals surface area contributed by atoms with E-state index in [1.807, 2.05) is 17.9 Å². The van der Waals surface area contributed by atoms with Crippen LogP contribution in [0.25, 0.3) is 0 Å². The van der Waals surface area contributed by atoms with Gasteiger partial charge in [-0.1, -0.05) is 17.7 Å². The van der Waals surface area contributed by atoms with Crippen molar-refractivity contribution in [3.8, 4) is 5.75 Å². The van der Waals surface area contributed by atoms with Gasteiger partial charge >= 0.3 is 0 Å². The summed E-state index contributed by atoms with van der Waals surface area (Å²) < 4.78 is 20.4. The van der Waals surface area contributed by atoms with Crippen LogP contribution in [0, 0.1) is 12.7 Å². The number of piperidine rings is 1. The molecule has 1 N–H and O–H groups in total. The number of hydrogen-bond acceptors (Lipinski definition) is 3. The molecule has 2 aliphatic rings. The second kappa shape index (κ2) is 7.67. The number of nitrogens with one attached hydrogen (secondary N) is 1. The SMILES string of the molecule is CNC(=O)c1ccc(Cc2cc3c(c(Cl)c2C)O[C@H]2CCCN(C2)C3=O)cc1F. The molecule has 2 heterocycles. The molecule has 29 heavy (non-hydrogen) atoms. The Bertz CT molecular complexity index is 1010. The van der Waals surface area contributed by atoms with Gasteiger partial charge in [0.2, 0.25) is 0 Å². The van der Waals surface area contributed by atoms with Crippen molar-refractivity contribution in [1.82, 2.24) is 10.2 Å². The quantitative estimate of drug-likeness (QED) is 0.829. The molecule has 7 heteroatoms. The number of halogens is 2. The minimum Gasteiger partial charge on any atom is -0.486 e. The normalized spacial score (nSPS) is 18.0. The maximum Gasteiger partial charge on any atom is 0.257 e. The molecular weight excluding hydrogens is 395 g/mol. The van der Waals surface area contributed by atoms with Crippen LogP contribution in [-0.2, 0) is 6.42 Å². The predicted molar refractivity (Wildman–Crippen MR) is 108 cm³/mol. The lowest BCUT2D eigenvalue weighted by Crippen LogP contribution is -2.41. The summed E-state index contributed by atoms with van der Waals surface area (Å²) in [4.78, 5) is 26.5. The number of benzene rings is 2. The van der Waals surface area contributed by atoms with Gasteiger partial charge in [0, 0.05) is 13.6 Å². The van der Waals surface area contributed by atoms with Gasteiger partial charge in [-0.2, -0.15) is 0 Å². The van der Waals surface area contributed by atoms with E-state index in [1.165, 1.54) is 19.2 Å². The molecule has 1 fully saturated rings. The van der Waals surface area contributed by atoms with Crippen LogP contribution in [0.1, 0.15) is 50.2 Å². The summed E-state index contributed by atoms with van der Waals surface area (Å²) in [5.41, 5.74) is 2.78. The molecule has 0 unspecified atom stereocenters. The van der Waals surface area contributed by atoms with E-state index in [1.54, 1.807) is 6.07 Å². The van der Waals surface area contributed by atoms with Gasteiger partial charge < -0.3 is 15.0 Å². The lowest BCUT2D eigenvalue weighted by molar-refractivity contribution is 0.0613. The molecule has 2 aliphatic heterocycles. The zero-order valence-corrected chi connectivity index (χ0v) is 17.1. The molecule has 152 valence electrons. The molecule has 4 rings (SSSR count). The monoisotopic (exact) mass is 416 g/mol. The maximum absolute atomic E-state index is 14.3. The summed E-state index contributed by atoms with van der Waals surface area (Å²) in [5.74, 6) is -0.680. The largest absolute Gasteiger partial charge is 0.486 e. The average molecular weight is 417 g/mol. The standard InChI is InChI=1S/C22H22ClFN2O3/c1-12-14(8-13-5-6-16(18(24)9-13)21(27)25-2)10-17-20(19(12)23)29-15-4-3-7-26(11-15)22(17)28/h5-6,9-10,15H,3-4,7-8,11H2,1-2H3,(H,25,27)/t15-/m0/s1. The number of fused-ring (bicyclic) bond motifs is 3. The zero-order chi connectivity index (χ0) is 20.7. The lowest BCUT2D eigenvalue weighted by Gasteiger charge is -2.29. The fourth-order valence-corrected chi connectivity index (χ4v) is 4.27. The first-order valence-electron chi connectivity index (χ1n) is 9.67. The highest BCUT2D eigenvalue weighted by Gasteiger charge is 2.34. The molecule has 0 spiro atoms. The van der Waals surface area contributed by atoms with Crippen molar-refractivity contribution in [1.29, 1.82) is 0 Å². The molecule has 1 saturated heterocycles. The molecule has 0 aliphatic carbocycles. The van der Waals surface area contributed by atoms with E-state index in [0.717, 1.165) is 24.0 Å². The summed E-state index contributed by atoms with van der Waals surface area (Å²) in [6.07, 6.45) is 2.16. The van der Waals surface area contributed by atoms with Crippen molar-refractivity contribution in [3.05, 3.63) is 62.9 Å². The minimum absolute atomic E-state index is 0.00316. The highest BCUT2D eigenvalue weighted by Crippen LogP contribution is 2.39. The molecule has 2 bridgehead atoms. The van der Waals surface area contributed by atoms with E-state index < -0.39 is 11.7 Å². The highest BCUT2D eigenvalue weighted by molar-refractivity contribution is 6.33. The number of ether oxygens (including phenoxy) is 1. The summed E-state index contributed by atoms with van der Waals surface area (Å²) in [6.45, 7) is 3.16. The maximum atomic E-state index is 14.3. The molecule has 0 radical (unpaired) electrons. The van der Waals surface area contributed by atoms with Crippen LogP contribution in [0.3, 0.4) is 0 Å². The molecule has 2 amide bonds. The van der Waals surface area contributed by atoms with Crippen molar-refractivity contribution in [2.45, 2.75) is 32.3 Å². The third-order valence-electron chi connectivity index (χ3n) is 5.65. The summed E-state index contributed by atoms with van der Waals surface area (Å²) >= 11 is 6.60. The Balaban J connectivity index is 1.71. The van der Waals surface area contributed by atoms with Crippen molar-refractivity contribution in [2.24, 2.45) is 0 Å². The summed E-state index contributed by atoms with van der Waals surface area (Å²) in [7, 11) is 1.46. The third kappa shape index (κ3) is 3.57. The molecule has 0 saturated carbocycles. The first-order valence-corrected chi connectivity index (χ1v) is 10.0. The Hall–Kier alpha value is -2.60. The van der Waals surface area contributed by atoms with Crippen molar-refractivity contribution < 1.29 is 18.7 Å². The van der Waals surface area contributed by atoms with Crippen LogP contribution in [0.15, 0.2) is 24.3 Å². The number of carbonyl (C=O) groups excluding carboxylic acids is 2. The Labute approximate surface area is 173 Å². The second-order valence-electron chi connectivity index (χ2n) is 7.55. The molecule has 0 aromatic heterocycles. The Morgan fingerprint density at radius 3 is 2.90 bits per heavy atom. The van der Waals surface area contributed by atoms with Crippen LogP contribution >= 0.6 is 11.6 Å². The number of rotatable bonds is 3. The topological polar surface area (TPSA) is 58.6 Å². The van der Waals surface area contributed by atoms with E-state index in [9.17, 15) is 14.0 Å². The predicted octanol–water partition coefficient (Wildman–Crippen LogP) is 3.73. The minimum atomic E-state index is -0.584. The van der Waals surface area contributed by atoms with Crippen molar-refractivity contribution in [2.75, 3.05) is 20.1 Å². The number of carbonyl (C=O) groups is 2. The first-order chi connectivity index (χ1) is 13.9. The van der Waals surface area contributed by atoms with Crippen LogP contribution in [0.2, 0.25) is 5.02 Å². The van der Waals surface area contributed by atoms with Gasteiger partial charge in [0.25, 0.3) is 11.8 Å². The fraction of sp³-hybridized carbons (Fsp3) is 0.364. The van der Waals surface area contributed by atoms with E-state index in [-0.39, 0.29) is 17.6 Å². The summed E-state index contributed by atoms with van der Waals surface area (Å²) in [5, 5.41) is 2.85. The molecule has 2 aromatic rings. The van der Waals surface area contributed by atoms with Gasteiger partial charge in [0.1, 0.15) is 11.9 Å². The van der Waals surface area contributed by atoms with Gasteiger partial charge in [-0.05, 0) is 61.1 Å². The van der Waals surface area contributed by atoms with Gasteiger partial charge in [-0.15, -0.1) is 0 Å². The van der Waals surface area contributed by atoms with E-state index in [0.29, 0.717) is 41.4 Å². The molecule has 1 atom stereocenters.